The number of ether oxygens (including phenoxy) is 1. The predicted octanol–water partition coefficient (Wildman–Crippen LogP) is 3.76. The number of rotatable bonds is 6. The Hall–Kier alpha value is -1.80. The molecule has 0 radical (unpaired) electrons. The Morgan fingerprint density at radius 3 is 2.35 bits per heavy atom. The fourth-order valence-electron chi connectivity index (χ4n) is 2.46. The van der Waals surface area contributed by atoms with Crippen LogP contribution in [0.15, 0.2) is 48.5 Å². The van der Waals surface area contributed by atoms with E-state index in [4.69, 9.17) is 4.74 Å². The summed E-state index contributed by atoms with van der Waals surface area (Å²) in [6, 6.07) is 17.4. The van der Waals surface area contributed by atoms with Gasteiger partial charge in [-0.2, -0.15) is 0 Å². The topological polar surface area (TPSA) is 21.3 Å². The van der Waals surface area contributed by atoms with E-state index in [-0.39, 0.29) is 0 Å². The van der Waals surface area contributed by atoms with Gasteiger partial charge in [-0.25, -0.2) is 0 Å². The Labute approximate surface area is 121 Å². The molecule has 0 aliphatic carbocycles. The monoisotopic (exact) mass is 269 g/mol. The summed E-state index contributed by atoms with van der Waals surface area (Å²) in [7, 11) is 3.73. The normalized spacial score (nSPS) is 12.2. The summed E-state index contributed by atoms with van der Waals surface area (Å²) in [5, 5.41) is 3.40. The number of hydrogen-bond acceptors (Lipinski definition) is 2. The molecule has 0 aromatic heterocycles. The minimum absolute atomic E-state index is 0.303. The number of para-hydroxylation sites is 1. The number of hydrogen-bond donors (Lipinski definition) is 1. The van der Waals surface area contributed by atoms with Gasteiger partial charge < -0.3 is 10.1 Å². The van der Waals surface area contributed by atoms with Crippen molar-refractivity contribution in [3.63, 3.8) is 0 Å². The zero-order chi connectivity index (χ0) is 14.4. The molecule has 0 saturated carbocycles. The van der Waals surface area contributed by atoms with Crippen LogP contribution in [0.2, 0.25) is 0 Å². The van der Waals surface area contributed by atoms with Crippen LogP contribution in [-0.4, -0.2) is 14.2 Å². The summed E-state index contributed by atoms with van der Waals surface area (Å²) in [5.74, 6) is 0.956. The Morgan fingerprint density at radius 1 is 1.05 bits per heavy atom. The molecule has 0 heterocycles. The van der Waals surface area contributed by atoms with Crippen LogP contribution in [0.1, 0.15) is 29.7 Å². The predicted molar refractivity (Wildman–Crippen MR) is 84.3 cm³/mol. The average molecular weight is 269 g/mol. The number of methoxy groups -OCH3 is 1. The number of likely N-dealkylation sites (N-methyl/N-ethyl adjacent to an activating group) is 1. The Kier molecular flexibility index (Phi) is 5.19. The van der Waals surface area contributed by atoms with E-state index in [1.54, 1.807) is 7.11 Å². The molecule has 2 aromatic carbocycles. The van der Waals surface area contributed by atoms with E-state index >= 15 is 0 Å². The lowest BCUT2D eigenvalue weighted by molar-refractivity contribution is 0.406. The van der Waals surface area contributed by atoms with Crippen LogP contribution in [-0.2, 0) is 12.8 Å². The fraction of sp³-hybridized carbons (Fsp3) is 0.333. The number of benzene rings is 2. The van der Waals surface area contributed by atoms with E-state index in [0.717, 1.165) is 18.6 Å². The second-order valence-corrected chi connectivity index (χ2v) is 4.95. The highest BCUT2D eigenvalue weighted by Gasteiger charge is 2.12. The van der Waals surface area contributed by atoms with Crippen molar-refractivity contribution in [3.05, 3.63) is 65.2 Å². The van der Waals surface area contributed by atoms with Crippen molar-refractivity contribution >= 4 is 0 Å². The highest BCUT2D eigenvalue weighted by Crippen LogP contribution is 2.25. The van der Waals surface area contributed by atoms with E-state index in [0.29, 0.717) is 6.04 Å². The van der Waals surface area contributed by atoms with Crippen molar-refractivity contribution in [1.29, 1.82) is 0 Å². The van der Waals surface area contributed by atoms with E-state index in [1.807, 2.05) is 19.2 Å². The second kappa shape index (κ2) is 7.11. The molecule has 1 N–H and O–H groups in total. The molecule has 1 atom stereocenters. The summed E-state index contributed by atoms with van der Waals surface area (Å²) in [6.45, 7) is 2.18. The van der Waals surface area contributed by atoms with Gasteiger partial charge >= 0.3 is 0 Å². The first-order valence-electron chi connectivity index (χ1n) is 7.16. The van der Waals surface area contributed by atoms with E-state index < -0.39 is 0 Å². The zero-order valence-electron chi connectivity index (χ0n) is 12.5. The van der Waals surface area contributed by atoms with E-state index in [1.165, 1.54) is 16.7 Å². The van der Waals surface area contributed by atoms with Crippen LogP contribution in [0.25, 0.3) is 0 Å². The zero-order valence-corrected chi connectivity index (χ0v) is 12.5. The fourth-order valence-corrected chi connectivity index (χ4v) is 2.46. The Balaban J connectivity index is 2.19. The molecule has 106 valence electrons. The summed E-state index contributed by atoms with van der Waals surface area (Å²) >= 11 is 0. The molecule has 2 heteroatoms. The van der Waals surface area contributed by atoms with Gasteiger partial charge in [0.25, 0.3) is 0 Å². The van der Waals surface area contributed by atoms with Crippen LogP contribution in [0.4, 0.5) is 0 Å². The number of aryl methyl sites for hydroxylation is 1. The van der Waals surface area contributed by atoms with E-state index in [9.17, 15) is 0 Å². The largest absolute Gasteiger partial charge is 0.496 e. The lowest BCUT2D eigenvalue weighted by Gasteiger charge is -2.18. The molecular formula is C18H23NO. The quantitative estimate of drug-likeness (QED) is 0.862. The van der Waals surface area contributed by atoms with Crippen LogP contribution in [0.5, 0.6) is 5.75 Å². The molecule has 0 bridgehead atoms. The molecule has 20 heavy (non-hydrogen) atoms. The van der Waals surface area contributed by atoms with Gasteiger partial charge in [-0.05, 0) is 42.6 Å². The maximum atomic E-state index is 5.44. The van der Waals surface area contributed by atoms with Crippen LogP contribution in [0, 0.1) is 0 Å². The Bertz CT molecular complexity index is 533. The van der Waals surface area contributed by atoms with Gasteiger partial charge in [0.15, 0.2) is 0 Å². The number of nitrogens with one attached hydrogen (secondary N) is 1. The van der Waals surface area contributed by atoms with Crippen molar-refractivity contribution in [1.82, 2.24) is 5.32 Å². The average Bonchev–Trinajstić information content (AvgIpc) is 2.53. The van der Waals surface area contributed by atoms with Gasteiger partial charge in [-0.15, -0.1) is 0 Å². The first kappa shape index (κ1) is 14.6. The molecular weight excluding hydrogens is 246 g/mol. The summed E-state index contributed by atoms with van der Waals surface area (Å²) < 4.78 is 5.44. The second-order valence-electron chi connectivity index (χ2n) is 4.95. The van der Waals surface area contributed by atoms with Crippen LogP contribution < -0.4 is 10.1 Å². The SMILES string of the molecule is CCc1ccc(C(Cc2ccccc2OC)NC)cc1. The summed E-state index contributed by atoms with van der Waals surface area (Å²) in [6.07, 6.45) is 2.00. The van der Waals surface area contributed by atoms with Gasteiger partial charge in [0.1, 0.15) is 5.75 Å². The third kappa shape index (κ3) is 3.40. The molecule has 1 unspecified atom stereocenters. The highest BCUT2D eigenvalue weighted by molar-refractivity contribution is 5.35. The first-order valence-corrected chi connectivity index (χ1v) is 7.16. The summed E-state index contributed by atoms with van der Waals surface area (Å²) in [4.78, 5) is 0. The third-order valence-corrected chi connectivity index (χ3v) is 3.76. The van der Waals surface area contributed by atoms with Gasteiger partial charge in [-0.3, -0.25) is 0 Å². The minimum Gasteiger partial charge on any atom is -0.496 e. The molecule has 0 fully saturated rings. The van der Waals surface area contributed by atoms with Gasteiger partial charge in [-0.1, -0.05) is 49.4 Å². The first-order chi connectivity index (χ1) is 9.78. The molecule has 2 aromatic rings. The smallest absolute Gasteiger partial charge is 0.122 e. The maximum Gasteiger partial charge on any atom is 0.122 e. The lowest BCUT2D eigenvalue weighted by atomic mass is 9.97. The molecule has 2 rings (SSSR count). The lowest BCUT2D eigenvalue weighted by Crippen LogP contribution is -2.19. The molecule has 0 aliphatic heterocycles. The maximum absolute atomic E-state index is 5.44. The summed E-state index contributed by atoms with van der Waals surface area (Å²) in [5.41, 5.74) is 3.92. The molecule has 0 spiro atoms. The van der Waals surface area contributed by atoms with Crippen molar-refractivity contribution in [2.45, 2.75) is 25.8 Å². The van der Waals surface area contributed by atoms with Crippen molar-refractivity contribution in [2.24, 2.45) is 0 Å². The Morgan fingerprint density at radius 2 is 1.75 bits per heavy atom. The van der Waals surface area contributed by atoms with Crippen LogP contribution in [0.3, 0.4) is 0 Å². The van der Waals surface area contributed by atoms with Gasteiger partial charge in [0.05, 0.1) is 7.11 Å². The molecule has 0 amide bonds. The van der Waals surface area contributed by atoms with Crippen molar-refractivity contribution in [2.75, 3.05) is 14.2 Å². The standard InChI is InChI=1S/C18H23NO/c1-4-14-9-11-15(12-10-14)17(19-2)13-16-7-5-6-8-18(16)20-3/h5-12,17,19H,4,13H2,1-3H3. The van der Waals surface area contributed by atoms with Crippen molar-refractivity contribution < 1.29 is 4.74 Å². The minimum atomic E-state index is 0.303. The van der Waals surface area contributed by atoms with E-state index in [2.05, 4.69) is 48.6 Å². The molecule has 0 saturated heterocycles. The molecule has 0 aliphatic rings. The van der Waals surface area contributed by atoms with Gasteiger partial charge in [0, 0.05) is 6.04 Å². The highest BCUT2D eigenvalue weighted by atomic mass is 16.5. The van der Waals surface area contributed by atoms with Crippen molar-refractivity contribution in [3.8, 4) is 5.75 Å². The molecule has 2 nitrogen and oxygen atoms in total. The van der Waals surface area contributed by atoms with Gasteiger partial charge in [0.2, 0.25) is 0 Å². The van der Waals surface area contributed by atoms with Crippen LogP contribution >= 0.6 is 0 Å². The third-order valence-electron chi connectivity index (χ3n) is 3.76.